The van der Waals surface area contributed by atoms with E-state index in [9.17, 15) is 18.5 Å². The van der Waals surface area contributed by atoms with Crippen molar-refractivity contribution in [3.8, 4) is 5.75 Å². The number of hydrogen-bond acceptors (Lipinski definition) is 6. The molecule has 0 bridgehead atoms. The van der Waals surface area contributed by atoms with Gasteiger partial charge in [0.1, 0.15) is 5.75 Å². The average molecular weight is 303 g/mol. The van der Waals surface area contributed by atoms with E-state index < -0.39 is 14.9 Å². The lowest BCUT2D eigenvalue weighted by Crippen LogP contribution is -2.30. The van der Waals surface area contributed by atoms with Gasteiger partial charge in [-0.1, -0.05) is 0 Å². The van der Waals surface area contributed by atoms with Gasteiger partial charge in [-0.25, -0.2) is 13.1 Å². The third kappa shape index (κ3) is 5.95. The SMILES string of the molecule is COc1cc(CNCCNS(C)(=O)=O)cc([N+](=O)[O-])c1. The van der Waals surface area contributed by atoms with Crippen LogP contribution in [0.25, 0.3) is 0 Å². The van der Waals surface area contributed by atoms with Crippen LogP contribution in [0.1, 0.15) is 5.56 Å². The highest BCUT2D eigenvalue weighted by molar-refractivity contribution is 7.88. The Kier molecular flexibility index (Phi) is 5.86. The fourth-order valence-corrected chi connectivity index (χ4v) is 2.00. The van der Waals surface area contributed by atoms with Crippen molar-refractivity contribution in [2.45, 2.75) is 6.54 Å². The van der Waals surface area contributed by atoms with Gasteiger partial charge in [-0.15, -0.1) is 0 Å². The van der Waals surface area contributed by atoms with Crippen molar-refractivity contribution < 1.29 is 18.1 Å². The second kappa shape index (κ2) is 7.17. The van der Waals surface area contributed by atoms with Gasteiger partial charge in [0.2, 0.25) is 10.0 Å². The van der Waals surface area contributed by atoms with Crippen LogP contribution in [0, 0.1) is 10.1 Å². The molecular formula is C11H17N3O5S. The molecule has 0 saturated carbocycles. The molecule has 8 nitrogen and oxygen atoms in total. The molecule has 0 unspecified atom stereocenters. The molecule has 0 saturated heterocycles. The Morgan fingerprint density at radius 1 is 1.30 bits per heavy atom. The van der Waals surface area contributed by atoms with E-state index in [4.69, 9.17) is 4.74 Å². The number of rotatable bonds is 8. The smallest absolute Gasteiger partial charge is 0.273 e. The number of nitrogens with zero attached hydrogens (tertiary/aromatic N) is 1. The van der Waals surface area contributed by atoms with E-state index in [0.29, 0.717) is 24.4 Å². The number of benzene rings is 1. The first kappa shape index (κ1) is 16.3. The highest BCUT2D eigenvalue weighted by Gasteiger charge is 2.10. The lowest BCUT2D eigenvalue weighted by atomic mass is 10.2. The molecule has 0 aliphatic rings. The van der Waals surface area contributed by atoms with Gasteiger partial charge in [0.25, 0.3) is 5.69 Å². The summed E-state index contributed by atoms with van der Waals surface area (Å²) in [5.41, 5.74) is 0.644. The highest BCUT2D eigenvalue weighted by Crippen LogP contribution is 2.22. The topological polar surface area (TPSA) is 111 Å². The van der Waals surface area contributed by atoms with Crippen molar-refractivity contribution in [1.29, 1.82) is 0 Å². The first-order valence-electron chi connectivity index (χ1n) is 5.79. The van der Waals surface area contributed by atoms with Gasteiger partial charge < -0.3 is 10.1 Å². The molecule has 1 aromatic carbocycles. The highest BCUT2D eigenvalue weighted by atomic mass is 32.2. The maximum atomic E-state index is 10.8. The number of nitro benzene ring substituents is 1. The minimum atomic E-state index is -3.20. The Morgan fingerprint density at radius 3 is 2.55 bits per heavy atom. The standard InChI is InChI=1S/C11H17N3O5S/c1-19-11-6-9(5-10(7-11)14(15)16)8-12-3-4-13-20(2,17)18/h5-7,12-13H,3-4,8H2,1-2H3. The summed E-state index contributed by atoms with van der Waals surface area (Å²) < 4.78 is 29.0. The van der Waals surface area contributed by atoms with Crippen molar-refractivity contribution in [1.82, 2.24) is 10.0 Å². The molecule has 9 heteroatoms. The molecule has 0 aliphatic heterocycles. The molecule has 1 rings (SSSR count). The Balaban J connectivity index is 2.55. The molecule has 1 aromatic rings. The van der Waals surface area contributed by atoms with Crippen LogP contribution in [-0.2, 0) is 16.6 Å². The van der Waals surface area contributed by atoms with Crippen molar-refractivity contribution in [3.05, 3.63) is 33.9 Å². The van der Waals surface area contributed by atoms with E-state index in [1.54, 1.807) is 6.07 Å². The summed E-state index contributed by atoms with van der Waals surface area (Å²) in [7, 11) is -1.76. The van der Waals surface area contributed by atoms with E-state index in [-0.39, 0.29) is 12.2 Å². The summed E-state index contributed by atoms with van der Waals surface area (Å²) in [6.45, 7) is 1.05. The molecule has 0 spiro atoms. The van der Waals surface area contributed by atoms with Gasteiger partial charge in [-0.2, -0.15) is 0 Å². The number of nitro groups is 1. The van der Waals surface area contributed by atoms with Crippen LogP contribution in [0.2, 0.25) is 0 Å². The zero-order chi connectivity index (χ0) is 15.2. The predicted octanol–water partition coefficient (Wildman–Crippen LogP) is 0.242. The number of non-ortho nitro benzene ring substituents is 1. The molecule has 0 aliphatic carbocycles. The van der Waals surface area contributed by atoms with Gasteiger partial charge in [0, 0.05) is 25.7 Å². The fourth-order valence-electron chi connectivity index (χ4n) is 1.53. The van der Waals surface area contributed by atoms with E-state index in [0.717, 1.165) is 6.26 Å². The van der Waals surface area contributed by atoms with Crippen molar-refractivity contribution in [3.63, 3.8) is 0 Å². The molecule has 112 valence electrons. The van der Waals surface area contributed by atoms with Crippen LogP contribution in [0.3, 0.4) is 0 Å². The van der Waals surface area contributed by atoms with Gasteiger partial charge in [0.05, 0.1) is 24.4 Å². The minimum Gasteiger partial charge on any atom is -0.496 e. The van der Waals surface area contributed by atoms with Crippen molar-refractivity contribution in [2.24, 2.45) is 0 Å². The summed E-state index contributed by atoms with van der Waals surface area (Å²) in [5, 5.41) is 13.7. The molecule has 0 aromatic heterocycles. The van der Waals surface area contributed by atoms with Crippen LogP contribution in [0.4, 0.5) is 5.69 Å². The van der Waals surface area contributed by atoms with Gasteiger partial charge in [0.15, 0.2) is 0 Å². The zero-order valence-corrected chi connectivity index (χ0v) is 12.1. The number of methoxy groups -OCH3 is 1. The number of sulfonamides is 1. The van der Waals surface area contributed by atoms with E-state index in [2.05, 4.69) is 10.0 Å². The molecular weight excluding hydrogens is 286 g/mol. The Hall–Kier alpha value is -1.71. The Labute approximate surface area is 117 Å². The summed E-state index contributed by atoms with van der Waals surface area (Å²) in [6, 6.07) is 4.47. The van der Waals surface area contributed by atoms with E-state index >= 15 is 0 Å². The monoisotopic (exact) mass is 303 g/mol. The molecule has 0 fully saturated rings. The van der Waals surface area contributed by atoms with Gasteiger partial charge in [-0.3, -0.25) is 10.1 Å². The summed E-state index contributed by atoms with van der Waals surface area (Å²) >= 11 is 0. The number of ether oxygens (including phenoxy) is 1. The fraction of sp³-hybridized carbons (Fsp3) is 0.455. The maximum Gasteiger partial charge on any atom is 0.273 e. The van der Waals surface area contributed by atoms with Crippen molar-refractivity contribution in [2.75, 3.05) is 26.5 Å². The number of nitrogens with one attached hydrogen (secondary N) is 2. The first-order valence-corrected chi connectivity index (χ1v) is 7.68. The van der Waals surface area contributed by atoms with Crippen LogP contribution in [0.5, 0.6) is 5.75 Å². The molecule has 0 atom stereocenters. The summed E-state index contributed by atoms with van der Waals surface area (Å²) in [4.78, 5) is 10.3. The second-order valence-corrected chi connectivity index (χ2v) is 5.97. The normalized spacial score (nSPS) is 11.3. The lowest BCUT2D eigenvalue weighted by Gasteiger charge is -2.07. The second-order valence-electron chi connectivity index (χ2n) is 4.14. The van der Waals surface area contributed by atoms with E-state index in [1.807, 2.05) is 0 Å². The van der Waals surface area contributed by atoms with Crippen LogP contribution in [0.15, 0.2) is 18.2 Å². The third-order valence-electron chi connectivity index (χ3n) is 2.39. The average Bonchev–Trinajstić information content (AvgIpc) is 2.36. The lowest BCUT2D eigenvalue weighted by molar-refractivity contribution is -0.385. The number of hydrogen-bond donors (Lipinski definition) is 2. The molecule has 0 heterocycles. The van der Waals surface area contributed by atoms with Crippen molar-refractivity contribution >= 4 is 15.7 Å². The third-order valence-corrected chi connectivity index (χ3v) is 3.12. The first-order chi connectivity index (χ1) is 9.31. The summed E-state index contributed by atoms with van der Waals surface area (Å²) in [5.74, 6) is 0.408. The summed E-state index contributed by atoms with van der Waals surface area (Å²) in [6.07, 6.45) is 1.08. The quantitative estimate of drug-likeness (QED) is 0.404. The zero-order valence-electron chi connectivity index (χ0n) is 11.3. The molecule has 2 N–H and O–H groups in total. The molecule has 0 radical (unpaired) electrons. The largest absolute Gasteiger partial charge is 0.496 e. The van der Waals surface area contributed by atoms with Crippen LogP contribution in [-0.4, -0.2) is 39.8 Å². The van der Waals surface area contributed by atoms with Gasteiger partial charge in [-0.05, 0) is 11.6 Å². The van der Waals surface area contributed by atoms with E-state index in [1.165, 1.54) is 19.2 Å². The van der Waals surface area contributed by atoms with Crippen LogP contribution < -0.4 is 14.8 Å². The Bertz CT molecular complexity index is 573. The Morgan fingerprint density at radius 2 is 2.00 bits per heavy atom. The maximum absolute atomic E-state index is 10.8. The van der Waals surface area contributed by atoms with Gasteiger partial charge >= 0.3 is 0 Å². The molecule has 20 heavy (non-hydrogen) atoms. The minimum absolute atomic E-state index is 0.0459. The molecule has 0 amide bonds. The predicted molar refractivity (Wildman–Crippen MR) is 74.2 cm³/mol. The van der Waals surface area contributed by atoms with Crippen LogP contribution >= 0.6 is 0 Å².